The average Bonchev–Trinajstić information content (AvgIpc) is 3.73. The number of benzene rings is 3. The molecule has 1 aliphatic carbocycles. The quantitative estimate of drug-likeness (QED) is 0.364. The van der Waals surface area contributed by atoms with Crippen LogP contribution in [0, 0.1) is 11.8 Å². The van der Waals surface area contributed by atoms with Gasteiger partial charge in [-0.3, -0.25) is 0 Å². The van der Waals surface area contributed by atoms with Gasteiger partial charge in [0.1, 0.15) is 23.0 Å². The molecule has 40 heavy (non-hydrogen) atoms. The lowest BCUT2D eigenvalue weighted by Crippen LogP contribution is -2.28. The van der Waals surface area contributed by atoms with E-state index in [0.29, 0.717) is 28.5 Å². The van der Waals surface area contributed by atoms with Crippen molar-refractivity contribution in [3.05, 3.63) is 130 Å². The molecule has 8 nitrogen and oxygen atoms in total. The lowest BCUT2D eigenvalue weighted by molar-refractivity contribution is 0.502. The number of nitrogens with zero attached hydrogens (tertiary/aromatic N) is 6. The standard InChI is InChI=1S/C32H22N8/c1-2-10-18-17(9-1)25-33-26(18)38-28-21-13-5-6-14-22(21)30(35-28)40-32-24-16-8-7-15-23(24)31(36-32)39-29-20-12-4-3-11-19(20)27(34-29)37-25/h1-18,25,28H,(H,33,38)(H,34,35,36,37,39,40). The van der Waals surface area contributed by atoms with Crippen LogP contribution in [-0.2, 0) is 0 Å². The van der Waals surface area contributed by atoms with Crippen molar-refractivity contribution in [3.8, 4) is 0 Å². The van der Waals surface area contributed by atoms with Crippen molar-refractivity contribution < 1.29 is 0 Å². The molecule has 1 saturated heterocycles. The van der Waals surface area contributed by atoms with Crippen LogP contribution in [-0.4, -0.2) is 34.5 Å². The first kappa shape index (κ1) is 21.7. The third kappa shape index (κ3) is 3.13. The maximum Gasteiger partial charge on any atom is 0.170 e. The second-order valence-corrected chi connectivity index (χ2v) is 10.4. The number of allylic oxidation sites excluding steroid dienone is 2. The van der Waals surface area contributed by atoms with Crippen LogP contribution in [0.25, 0.3) is 10.8 Å². The number of fused-ring (bicyclic) bond motifs is 18. The molecule has 4 aliphatic heterocycles. The fourth-order valence-corrected chi connectivity index (χ4v) is 6.23. The van der Waals surface area contributed by atoms with E-state index in [9.17, 15) is 0 Å². The van der Waals surface area contributed by atoms with Crippen molar-refractivity contribution in [2.45, 2.75) is 12.3 Å². The summed E-state index contributed by atoms with van der Waals surface area (Å²) >= 11 is 0. The average molecular weight is 519 g/mol. The molecule has 5 heterocycles. The van der Waals surface area contributed by atoms with Gasteiger partial charge in [0.15, 0.2) is 23.7 Å². The minimum absolute atomic E-state index is 0.0812. The molecule has 0 radical (unpaired) electrons. The van der Waals surface area contributed by atoms with E-state index in [1.807, 2.05) is 36.4 Å². The normalized spacial score (nSPS) is 25.0. The molecule has 0 saturated carbocycles. The Labute approximate surface area is 228 Å². The van der Waals surface area contributed by atoms with E-state index in [-0.39, 0.29) is 24.2 Å². The van der Waals surface area contributed by atoms with Crippen LogP contribution in [0.2, 0.25) is 0 Å². The summed E-state index contributed by atoms with van der Waals surface area (Å²) in [5.41, 5.74) is 5.39. The number of hydrogen-bond acceptors (Lipinski definition) is 7. The van der Waals surface area contributed by atoms with Crippen molar-refractivity contribution in [1.82, 2.24) is 10.3 Å². The van der Waals surface area contributed by atoms with Gasteiger partial charge in [-0.1, -0.05) is 97.1 Å². The highest BCUT2D eigenvalue weighted by Crippen LogP contribution is 2.36. The summed E-state index contributed by atoms with van der Waals surface area (Å²) in [6.45, 7) is 0. The number of rotatable bonds is 0. The molecule has 190 valence electrons. The fourth-order valence-electron chi connectivity index (χ4n) is 6.23. The Kier molecular flexibility index (Phi) is 4.40. The summed E-state index contributed by atoms with van der Waals surface area (Å²) in [5, 5.41) is 5.57. The van der Waals surface area contributed by atoms with E-state index in [0.717, 1.165) is 38.9 Å². The van der Waals surface area contributed by atoms with Crippen molar-refractivity contribution in [3.63, 3.8) is 0 Å². The van der Waals surface area contributed by atoms with Crippen molar-refractivity contribution >= 4 is 34.1 Å². The molecule has 3 aromatic carbocycles. The van der Waals surface area contributed by atoms with Crippen LogP contribution in [0.5, 0.6) is 0 Å². The van der Waals surface area contributed by atoms with Gasteiger partial charge in [-0.05, 0) is 0 Å². The Balaban J connectivity index is 1.36. The summed E-state index contributed by atoms with van der Waals surface area (Å²) in [5.74, 6) is 3.04. The first-order valence-electron chi connectivity index (χ1n) is 13.5. The first-order chi connectivity index (χ1) is 19.8. The molecule has 0 amide bonds. The molecule has 2 N–H and O–H groups in total. The van der Waals surface area contributed by atoms with Gasteiger partial charge >= 0.3 is 0 Å². The molecular formula is C32H22N8. The van der Waals surface area contributed by atoms with Gasteiger partial charge in [0.25, 0.3) is 0 Å². The Morgan fingerprint density at radius 1 is 0.575 bits per heavy atom. The van der Waals surface area contributed by atoms with Crippen molar-refractivity contribution in [1.29, 1.82) is 0 Å². The maximum absolute atomic E-state index is 5.18. The molecule has 1 aromatic heterocycles. The molecule has 9 rings (SSSR count). The second-order valence-electron chi connectivity index (χ2n) is 10.4. The van der Waals surface area contributed by atoms with E-state index in [4.69, 9.17) is 30.0 Å². The van der Waals surface area contributed by atoms with Gasteiger partial charge in [-0.15, -0.1) is 0 Å². The Hall–Kier alpha value is -5.24. The summed E-state index contributed by atoms with van der Waals surface area (Å²) in [6, 6.07) is 24.5. The van der Waals surface area contributed by atoms with Gasteiger partial charge in [-0.25, -0.2) is 30.0 Å². The van der Waals surface area contributed by atoms with E-state index >= 15 is 0 Å². The minimum atomic E-state index is -0.390. The molecule has 0 spiro atoms. The molecule has 8 heteroatoms. The zero-order valence-electron chi connectivity index (χ0n) is 21.2. The molecule has 1 fully saturated rings. The van der Waals surface area contributed by atoms with Crippen molar-refractivity contribution in [2.24, 2.45) is 41.8 Å². The molecule has 4 atom stereocenters. The highest BCUT2D eigenvalue weighted by atomic mass is 15.2. The SMILES string of the molecule is C1=CC2C3=NC4N=C(N=c5[nH]c(c6ccccc56)=NC5=NC(=NC(N3)C2C=C1)c1ccccc15)c1ccccc14. The summed E-state index contributed by atoms with van der Waals surface area (Å²) < 4.78 is 0. The second kappa shape index (κ2) is 8.13. The van der Waals surface area contributed by atoms with E-state index in [1.165, 1.54) is 0 Å². The number of nitrogens with one attached hydrogen (secondary N) is 2. The summed E-state index contributed by atoms with van der Waals surface area (Å²) in [4.78, 5) is 33.9. The molecule has 4 aromatic rings. The van der Waals surface area contributed by atoms with Crippen LogP contribution in [0.1, 0.15) is 28.4 Å². The Morgan fingerprint density at radius 2 is 1.23 bits per heavy atom. The zero-order valence-corrected chi connectivity index (χ0v) is 21.2. The number of aromatic amines is 1. The van der Waals surface area contributed by atoms with Gasteiger partial charge in [0.05, 0.1) is 0 Å². The Bertz CT molecular complexity index is 2070. The fraction of sp³-hybridized carbons (Fsp3) is 0.125. The monoisotopic (exact) mass is 518 g/mol. The predicted octanol–water partition coefficient (Wildman–Crippen LogP) is 3.77. The van der Waals surface area contributed by atoms with E-state index in [1.54, 1.807) is 0 Å². The largest absolute Gasteiger partial charge is 0.351 e. The van der Waals surface area contributed by atoms with Crippen LogP contribution >= 0.6 is 0 Å². The van der Waals surface area contributed by atoms with Gasteiger partial charge in [0.2, 0.25) is 0 Å². The lowest BCUT2D eigenvalue weighted by atomic mass is 9.89. The highest BCUT2D eigenvalue weighted by Gasteiger charge is 2.40. The lowest BCUT2D eigenvalue weighted by Gasteiger charge is -2.17. The number of H-pyrrole nitrogens is 1. The van der Waals surface area contributed by atoms with Gasteiger partial charge < -0.3 is 10.3 Å². The number of amidine groups is 4. The smallest absolute Gasteiger partial charge is 0.170 e. The van der Waals surface area contributed by atoms with Crippen molar-refractivity contribution in [2.75, 3.05) is 0 Å². The van der Waals surface area contributed by atoms with Crippen LogP contribution in [0.15, 0.2) is 127 Å². The molecule has 4 unspecified atom stereocenters. The summed E-state index contributed by atoms with van der Waals surface area (Å²) in [6.07, 6.45) is 7.96. The van der Waals surface area contributed by atoms with Crippen LogP contribution in [0.4, 0.5) is 0 Å². The summed E-state index contributed by atoms with van der Waals surface area (Å²) in [7, 11) is 0. The first-order valence-corrected chi connectivity index (χ1v) is 13.5. The number of aromatic nitrogens is 1. The Morgan fingerprint density at radius 3 is 2.05 bits per heavy atom. The van der Waals surface area contributed by atoms with Crippen LogP contribution in [0.3, 0.4) is 0 Å². The van der Waals surface area contributed by atoms with Gasteiger partial charge in [-0.2, -0.15) is 0 Å². The number of hydrogen-bond donors (Lipinski definition) is 2. The predicted molar refractivity (Wildman–Crippen MR) is 155 cm³/mol. The highest BCUT2D eigenvalue weighted by molar-refractivity contribution is 6.22. The third-order valence-corrected chi connectivity index (χ3v) is 8.13. The zero-order chi connectivity index (χ0) is 26.2. The topological polar surface area (TPSA) is 102 Å². The van der Waals surface area contributed by atoms with Gasteiger partial charge in [0, 0.05) is 44.9 Å². The van der Waals surface area contributed by atoms with E-state index in [2.05, 4.69) is 71.0 Å². The third-order valence-electron chi connectivity index (χ3n) is 8.13. The maximum atomic E-state index is 5.18. The minimum Gasteiger partial charge on any atom is -0.351 e. The van der Waals surface area contributed by atoms with Crippen LogP contribution < -0.4 is 16.3 Å². The molecule has 5 aliphatic rings. The van der Waals surface area contributed by atoms with E-state index < -0.39 is 0 Å². The number of aliphatic imine (C=N–C) groups is 4. The molecule has 8 bridgehead atoms. The molecular weight excluding hydrogens is 496 g/mol.